The lowest BCUT2D eigenvalue weighted by atomic mass is 10.2. The fraction of sp³-hybridized carbons (Fsp3) is 0.211. The Kier molecular flexibility index (Phi) is 4.08. The molecule has 0 spiro atoms. The molecular weight excluding hydrogens is 348 g/mol. The van der Waals surface area contributed by atoms with Crippen molar-refractivity contribution in [2.45, 2.75) is 13.8 Å². The van der Waals surface area contributed by atoms with E-state index in [1.165, 1.54) is 11.3 Å². The summed E-state index contributed by atoms with van der Waals surface area (Å²) >= 11 is 1.38. The number of benzene rings is 1. The van der Waals surface area contributed by atoms with Crippen molar-refractivity contribution in [1.82, 2.24) is 14.5 Å². The van der Waals surface area contributed by atoms with E-state index in [0.29, 0.717) is 10.2 Å². The van der Waals surface area contributed by atoms with Gasteiger partial charge in [-0.05, 0) is 43.7 Å². The number of methoxy groups -OCH3 is 1. The van der Waals surface area contributed by atoms with Crippen molar-refractivity contribution in [2.24, 2.45) is 0 Å². The number of hydrogen-bond donors (Lipinski definition) is 1. The maximum absolute atomic E-state index is 13.1. The first kappa shape index (κ1) is 16.5. The molecule has 0 bridgehead atoms. The van der Waals surface area contributed by atoms with Crippen LogP contribution in [0.5, 0.6) is 5.75 Å². The summed E-state index contributed by atoms with van der Waals surface area (Å²) in [5.74, 6) is 0.759. The average Bonchev–Trinajstić information content (AvgIpc) is 3.03. The third-order valence-corrected chi connectivity index (χ3v) is 5.39. The molecule has 1 N–H and O–H groups in total. The minimum Gasteiger partial charge on any atom is -0.497 e. The van der Waals surface area contributed by atoms with Gasteiger partial charge in [-0.25, -0.2) is 9.97 Å². The van der Waals surface area contributed by atoms with Crippen LogP contribution in [-0.4, -0.2) is 28.2 Å². The van der Waals surface area contributed by atoms with Crippen LogP contribution in [-0.2, 0) is 0 Å². The molecule has 0 atom stereocenters. The molecule has 0 fully saturated rings. The van der Waals surface area contributed by atoms with Gasteiger partial charge in [0.05, 0.1) is 23.7 Å². The van der Waals surface area contributed by atoms with Crippen LogP contribution >= 0.6 is 11.3 Å². The number of nitrogens with one attached hydrogen (secondary N) is 1. The standard InChI is InChI=1S/C19H18N4O2S/c1-4-20-13-7-8-21-18-15(13)16-17(26-18)19(24)23(10-22-16)14-6-5-12(25-3)9-11(14)2/h5-10H,4H2,1-3H3,(H,20,21). The van der Waals surface area contributed by atoms with Gasteiger partial charge < -0.3 is 10.1 Å². The Morgan fingerprint density at radius 2 is 2.12 bits per heavy atom. The molecule has 0 radical (unpaired) electrons. The summed E-state index contributed by atoms with van der Waals surface area (Å²) in [6.07, 6.45) is 3.34. The molecule has 7 heteroatoms. The van der Waals surface area contributed by atoms with Gasteiger partial charge in [0.15, 0.2) is 0 Å². The summed E-state index contributed by atoms with van der Waals surface area (Å²) in [6.45, 7) is 4.77. The molecule has 4 aromatic rings. The number of hydrogen-bond acceptors (Lipinski definition) is 6. The van der Waals surface area contributed by atoms with Crippen LogP contribution in [0.1, 0.15) is 12.5 Å². The van der Waals surface area contributed by atoms with Crippen LogP contribution in [0.15, 0.2) is 41.6 Å². The molecule has 3 heterocycles. The summed E-state index contributed by atoms with van der Waals surface area (Å²) in [5.41, 5.74) is 3.30. The number of ether oxygens (including phenoxy) is 1. The van der Waals surface area contributed by atoms with Gasteiger partial charge in [0.25, 0.3) is 5.56 Å². The van der Waals surface area contributed by atoms with Crippen LogP contribution in [0.2, 0.25) is 0 Å². The van der Waals surface area contributed by atoms with Gasteiger partial charge in [-0.15, -0.1) is 11.3 Å². The van der Waals surface area contributed by atoms with E-state index in [9.17, 15) is 4.79 Å². The number of fused-ring (bicyclic) bond motifs is 3. The highest BCUT2D eigenvalue weighted by molar-refractivity contribution is 7.25. The molecule has 0 aliphatic heterocycles. The summed E-state index contributed by atoms with van der Waals surface area (Å²) in [5, 5.41) is 4.23. The van der Waals surface area contributed by atoms with Gasteiger partial charge in [-0.3, -0.25) is 9.36 Å². The van der Waals surface area contributed by atoms with Crippen molar-refractivity contribution in [3.05, 3.63) is 52.7 Å². The summed E-state index contributed by atoms with van der Waals surface area (Å²) < 4.78 is 7.44. The molecule has 0 aliphatic carbocycles. The number of aryl methyl sites for hydroxylation is 1. The van der Waals surface area contributed by atoms with Crippen molar-refractivity contribution in [2.75, 3.05) is 19.0 Å². The lowest BCUT2D eigenvalue weighted by molar-refractivity contribution is 0.414. The predicted octanol–water partition coefficient (Wildman–Crippen LogP) is 3.74. The predicted molar refractivity (Wildman–Crippen MR) is 106 cm³/mol. The Hall–Kier alpha value is -2.93. The molecule has 4 rings (SSSR count). The highest BCUT2D eigenvalue weighted by atomic mass is 32.1. The average molecular weight is 366 g/mol. The third-order valence-electron chi connectivity index (χ3n) is 4.31. The molecule has 3 aromatic heterocycles. The number of nitrogens with zero attached hydrogens (tertiary/aromatic N) is 3. The minimum atomic E-state index is -0.0892. The molecule has 1 aromatic carbocycles. The summed E-state index contributed by atoms with van der Waals surface area (Å²) in [4.78, 5) is 23.0. The van der Waals surface area contributed by atoms with Crippen molar-refractivity contribution in [3.63, 3.8) is 0 Å². The molecule has 0 aliphatic rings. The minimum absolute atomic E-state index is 0.0892. The van der Waals surface area contributed by atoms with E-state index in [1.807, 2.05) is 38.1 Å². The van der Waals surface area contributed by atoms with Gasteiger partial charge in [0.2, 0.25) is 0 Å². The zero-order valence-corrected chi connectivity index (χ0v) is 15.6. The first-order valence-corrected chi connectivity index (χ1v) is 9.13. The number of anilines is 1. The first-order chi connectivity index (χ1) is 12.6. The van der Waals surface area contributed by atoms with E-state index in [4.69, 9.17) is 4.74 Å². The molecule has 0 saturated heterocycles. The van der Waals surface area contributed by atoms with Gasteiger partial charge in [0.1, 0.15) is 21.6 Å². The monoisotopic (exact) mass is 366 g/mol. The maximum Gasteiger partial charge on any atom is 0.275 e. The van der Waals surface area contributed by atoms with Crippen LogP contribution in [0.3, 0.4) is 0 Å². The van der Waals surface area contributed by atoms with Gasteiger partial charge >= 0.3 is 0 Å². The molecule has 26 heavy (non-hydrogen) atoms. The lowest BCUT2D eigenvalue weighted by Crippen LogP contribution is -2.18. The van der Waals surface area contributed by atoms with Crippen LogP contribution in [0.25, 0.3) is 26.1 Å². The highest BCUT2D eigenvalue weighted by Crippen LogP contribution is 2.34. The van der Waals surface area contributed by atoms with E-state index in [-0.39, 0.29) is 5.56 Å². The second-order valence-corrected chi connectivity index (χ2v) is 6.92. The van der Waals surface area contributed by atoms with Crippen LogP contribution in [0.4, 0.5) is 5.69 Å². The topological polar surface area (TPSA) is 69.0 Å². The largest absolute Gasteiger partial charge is 0.497 e. The van der Waals surface area contributed by atoms with E-state index in [2.05, 4.69) is 15.3 Å². The smallest absolute Gasteiger partial charge is 0.275 e. The van der Waals surface area contributed by atoms with E-state index in [0.717, 1.165) is 39.4 Å². The van der Waals surface area contributed by atoms with Gasteiger partial charge in [-0.2, -0.15) is 0 Å². The van der Waals surface area contributed by atoms with Gasteiger partial charge in [0, 0.05) is 18.4 Å². The SMILES string of the molecule is CCNc1ccnc2sc3c(=O)n(-c4ccc(OC)cc4C)cnc3c12. The van der Waals surface area contributed by atoms with Crippen molar-refractivity contribution in [3.8, 4) is 11.4 Å². The number of pyridine rings is 1. The first-order valence-electron chi connectivity index (χ1n) is 8.31. The Labute approximate surface area is 154 Å². The fourth-order valence-corrected chi connectivity index (χ4v) is 4.14. The Balaban J connectivity index is 1.98. The van der Waals surface area contributed by atoms with Crippen LogP contribution < -0.4 is 15.6 Å². The highest BCUT2D eigenvalue weighted by Gasteiger charge is 2.16. The normalized spacial score (nSPS) is 11.2. The molecule has 6 nitrogen and oxygen atoms in total. The van der Waals surface area contributed by atoms with Crippen molar-refractivity contribution < 1.29 is 4.74 Å². The summed E-state index contributed by atoms with van der Waals surface area (Å²) in [6, 6.07) is 7.54. The van der Waals surface area contributed by atoms with Crippen LogP contribution in [0, 0.1) is 6.92 Å². The fourth-order valence-electron chi connectivity index (χ4n) is 3.09. The lowest BCUT2D eigenvalue weighted by Gasteiger charge is -2.10. The Morgan fingerprint density at radius 3 is 2.85 bits per heavy atom. The van der Waals surface area contributed by atoms with E-state index >= 15 is 0 Å². The second kappa shape index (κ2) is 6.42. The summed E-state index contributed by atoms with van der Waals surface area (Å²) in [7, 11) is 1.63. The van der Waals surface area contributed by atoms with E-state index in [1.54, 1.807) is 24.2 Å². The van der Waals surface area contributed by atoms with E-state index < -0.39 is 0 Å². The van der Waals surface area contributed by atoms with Gasteiger partial charge in [-0.1, -0.05) is 0 Å². The molecule has 0 saturated carbocycles. The van der Waals surface area contributed by atoms with Crippen molar-refractivity contribution in [1.29, 1.82) is 0 Å². The molecule has 132 valence electrons. The number of thiophene rings is 1. The van der Waals surface area contributed by atoms with Crippen molar-refractivity contribution >= 4 is 37.5 Å². The second-order valence-electron chi connectivity index (χ2n) is 5.92. The molecule has 0 unspecified atom stereocenters. The zero-order chi connectivity index (χ0) is 18.3. The zero-order valence-electron chi connectivity index (χ0n) is 14.7. The Morgan fingerprint density at radius 1 is 1.27 bits per heavy atom. The molecular formula is C19H18N4O2S. The number of rotatable bonds is 4. The quantitative estimate of drug-likeness (QED) is 0.596. The third kappa shape index (κ3) is 2.52. The maximum atomic E-state index is 13.1. The number of aromatic nitrogens is 3. The molecule has 0 amide bonds. The Bertz CT molecular complexity index is 1180.